The number of hydrogen-bond acceptors (Lipinski definition) is 1. The van der Waals surface area contributed by atoms with Gasteiger partial charge < -0.3 is 4.74 Å². The van der Waals surface area contributed by atoms with Crippen LogP contribution in [0.1, 0.15) is 6.42 Å². The van der Waals surface area contributed by atoms with Crippen molar-refractivity contribution in [1.82, 2.24) is 0 Å². The van der Waals surface area contributed by atoms with Crippen molar-refractivity contribution in [3.05, 3.63) is 0 Å². The van der Waals surface area contributed by atoms with E-state index in [1.807, 2.05) is 0 Å². The number of hydrogen-bond donors (Lipinski definition) is 0. The number of rotatable bonds is 0. The zero-order chi connectivity index (χ0) is 6.85. The van der Waals surface area contributed by atoms with Crippen LogP contribution in [0.5, 0.6) is 0 Å². The molecule has 0 radical (unpaired) electrons. The first-order chi connectivity index (χ1) is 4.20. The summed E-state index contributed by atoms with van der Waals surface area (Å²) in [5.74, 6) is 0. The molecule has 1 saturated heterocycles. The fourth-order valence-corrected chi connectivity index (χ4v) is 1.54. The van der Waals surface area contributed by atoms with Gasteiger partial charge in [-0.3, -0.25) is 0 Å². The molecule has 1 fully saturated rings. The predicted octanol–water partition coefficient (Wildman–Crippen LogP) is 2.19. The Hall–Kier alpha value is 0.830. The van der Waals surface area contributed by atoms with Gasteiger partial charge >= 0.3 is 0 Å². The van der Waals surface area contributed by atoms with Crippen LogP contribution >= 0.6 is 34.8 Å². The van der Waals surface area contributed by atoms with E-state index in [4.69, 9.17) is 39.5 Å². The lowest BCUT2D eigenvalue weighted by Crippen LogP contribution is -2.32. The first-order valence-electron chi connectivity index (χ1n) is 2.74. The van der Waals surface area contributed by atoms with Crippen LogP contribution in [-0.4, -0.2) is 22.9 Å². The minimum absolute atomic E-state index is 0.0301. The predicted molar refractivity (Wildman–Crippen MR) is 39.5 cm³/mol. The smallest absolute Gasteiger partial charge is 0.147 e. The highest BCUT2D eigenvalue weighted by Crippen LogP contribution is 2.24. The highest BCUT2D eigenvalue weighted by Gasteiger charge is 2.26. The minimum atomic E-state index is -0.360. The molecule has 0 spiro atoms. The summed E-state index contributed by atoms with van der Waals surface area (Å²) in [6, 6.07) is 0. The van der Waals surface area contributed by atoms with E-state index in [0.29, 0.717) is 6.61 Å². The molecular weight excluding hydrogens is 182 g/mol. The largest absolute Gasteiger partial charge is 0.359 e. The van der Waals surface area contributed by atoms with E-state index in [1.54, 1.807) is 0 Å². The normalized spacial score (nSPS) is 45.0. The van der Waals surface area contributed by atoms with Gasteiger partial charge in [0.2, 0.25) is 0 Å². The van der Waals surface area contributed by atoms with Crippen molar-refractivity contribution in [3.8, 4) is 0 Å². The van der Waals surface area contributed by atoms with Crippen LogP contribution in [0.2, 0.25) is 0 Å². The van der Waals surface area contributed by atoms with E-state index in [-0.39, 0.29) is 16.3 Å². The van der Waals surface area contributed by atoms with Gasteiger partial charge in [-0.2, -0.15) is 0 Å². The molecule has 0 aliphatic carbocycles. The molecule has 0 N–H and O–H groups in total. The fourth-order valence-electron chi connectivity index (χ4n) is 0.720. The van der Waals surface area contributed by atoms with Gasteiger partial charge in [0.15, 0.2) is 0 Å². The van der Waals surface area contributed by atoms with Gasteiger partial charge in [-0.1, -0.05) is 11.6 Å². The molecule has 0 aromatic heterocycles. The lowest BCUT2D eigenvalue weighted by Gasteiger charge is -2.25. The summed E-state index contributed by atoms with van der Waals surface area (Å²) in [6.07, 6.45) is 0.733. The molecule has 0 aromatic rings. The van der Waals surface area contributed by atoms with Gasteiger partial charge in [-0.25, -0.2) is 0 Å². The van der Waals surface area contributed by atoms with E-state index in [2.05, 4.69) is 0 Å². The number of ether oxygens (including phenoxy) is 1. The Balaban J connectivity index is 2.35. The van der Waals surface area contributed by atoms with Crippen LogP contribution in [0.3, 0.4) is 0 Å². The molecule has 4 heteroatoms. The maximum absolute atomic E-state index is 5.72. The van der Waals surface area contributed by atoms with Gasteiger partial charge in [-0.15, -0.1) is 23.2 Å². The van der Waals surface area contributed by atoms with Crippen LogP contribution in [-0.2, 0) is 4.74 Å². The first kappa shape index (κ1) is 7.93. The topological polar surface area (TPSA) is 9.23 Å². The van der Waals surface area contributed by atoms with Gasteiger partial charge in [-0.05, 0) is 6.42 Å². The van der Waals surface area contributed by atoms with Crippen molar-refractivity contribution >= 4 is 34.8 Å². The third kappa shape index (κ3) is 2.15. The standard InChI is InChI=1S/C5H7Cl3O/c6-3-1-4(7)5(8)9-2-3/h3-5H,1-2H2. The summed E-state index contributed by atoms with van der Waals surface area (Å²) in [4.78, 5) is 0. The van der Waals surface area contributed by atoms with Gasteiger partial charge in [0.25, 0.3) is 0 Å². The average molecular weight is 189 g/mol. The Morgan fingerprint density at radius 3 is 2.33 bits per heavy atom. The van der Waals surface area contributed by atoms with E-state index >= 15 is 0 Å². The molecule has 0 bridgehead atoms. The van der Waals surface area contributed by atoms with Crippen LogP contribution in [0.4, 0.5) is 0 Å². The van der Waals surface area contributed by atoms with Crippen molar-refractivity contribution in [2.75, 3.05) is 6.61 Å². The molecule has 0 aromatic carbocycles. The van der Waals surface area contributed by atoms with Crippen LogP contribution < -0.4 is 0 Å². The van der Waals surface area contributed by atoms with Crippen molar-refractivity contribution in [1.29, 1.82) is 0 Å². The molecule has 3 unspecified atom stereocenters. The third-order valence-electron chi connectivity index (χ3n) is 1.20. The lowest BCUT2D eigenvalue weighted by molar-refractivity contribution is 0.0739. The Morgan fingerprint density at radius 1 is 1.22 bits per heavy atom. The summed E-state index contributed by atoms with van der Waals surface area (Å²) < 4.78 is 5.00. The molecule has 0 amide bonds. The van der Waals surface area contributed by atoms with Gasteiger partial charge in [0.1, 0.15) is 5.56 Å². The Labute approximate surface area is 69.2 Å². The lowest BCUT2D eigenvalue weighted by atomic mass is 10.2. The Morgan fingerprint density at radius 2 is 1.89 bits per heavy atom. The maximum Gasteiger partial charge on any atom is 0.147 e. The molecule has 1 nitrogen and oxygen atoms in total. The van der Waals surface area contributed by atoms with Crippen molar-refractivity contribution in [2.45, 2.75) is 22.7 Å². The molecule has 1 aliphatic heterocycles. The van der Waals surface area contributed by atoms with Crippen molar-refractivity contribution < 1.29 is 4.74 Å². The summed E-state index contributed by atoms with van der Waals surface area (Å²) in [6.45, 7) is 0.513. The SMILES string of the molecule is ClC1COC(Cl)C(Cl)C1. The Kier molecular flexibility index (Phi) is 2.90. The summed E-state index contributed by atoms with van der Waals surface area (Å²) in [5.41, 5.74) is -0.360. The average Bonchev–Trinajstić information content (AvgIpc) is 1.80. The highest BCUT2D eigenvalue weighted by molar-refractivity contribution is 6.30. The number of halogens is 3. The first-order valence-corrected chi connectivity index (χ1v) is 4.05. The van der Waals surface area contributed by atoms with E-state index < -0.39 is 0 Å². The van der Waals surface area contributed by atoms with Crippen LogP contribution in [0, 0.1) is 0 Å². The zero-order valence-corrected chi connectivity index (χ0v) is 6.96. The summed E-state index contributed by atoms with van der Waals surface area (Å²) >= 11 is 17.0. The third-order valence-corrected chi connectivity index (χ3v) is 2.47. The molecule has 3 atom stereocenters. The summed E-state index contributed by atoms with van der Waals surface area (Å²) in [7, 11) is 0. The molecular formula is C5H7Cl3O. The second kappa shape index (κ2) is 3.29. The molecule has 1 aliphatic rings. The van der Waals surface area contributed by atoms with E-state index in [0.717, 1.165) is 6.42 Å². The second-order valence-electron chi connectivity index (χ2n) is 2.03. The van der Waals surface area contributed by atoms with E-state index in [1.165, 1.54) is 0 Å². The van der Waals surface area contributed by atoms with Gasteiger partial charge in [0.05, 0.1) is 17.4 Å². The molecule has 0 saturated carbocycles. The highest BCUT2D eigenvalue weighted by atomic mass is 35.5. The molecule has 9 heavy (non-hydrogen) atoms. The van der Waals surface area contributed by atoms with E-state index in [9.17, 15) is 0 Å². The fraction of sp³-hybridized carbons (Fsp3) is 1.00. The monoisotopic (exact) mass is 188 g/mol. The van der Waals surface area contributed by atoms with Crippen molar-refractivity contribution in [3.63, 3.8) is 0 Å². The minimum Gasteiger partial charge on any atom is -0.359 e. The zero-order valence-electron chi connectivity index (χ0n) is 4.69. The van der Waals surface area contributed by atoms with Gasteiger partial charge in [0, 0.05) is 0 Å². The van der Waals surface area contributed by atoms with Crippen molar-refractivity contribution in [2.24, 2.45) is 0 Å². The molecule has 1 rings (SSSR count). The quantitative estimate of drug-likeness (QED) is 0.531. The second-order valence-corrected chi connectivity index (χ2v) is 3.64. The molecule has 54 valence electrons. The molecule has 1 heterocycles. The summed E-state index contributed by atoms with van der Waals surface area (Å²) in [5, 5.41) is -0.106. The maximum atomic E-state index is 5.72. The van der Waals surface area contributed by atoms with Crippen LogP contribution in [0.25, 0.3) is 0 Å². The number of alkyl halides is 3. The Bertz CT molecular complexity index is 98.2. The van der Waals surface area contributed by atoms with Crippen LogP contribution in [0.15, 0.2) is 0 Å².